The first kappa shape index (κ1) is 33.6. The van der Waals surface area contributed by atoms with Crippen LogP contribution in [0.15, 0.2) is 12.2 Å². The maximum absolute atomic E-state index is 8.76. The van der Waals surface area contributed by atoms with Gasteiger partial charge < -0.3 is 14.6 Å². The second kappa shape index (κ2) is 30.7. The number of aliphatic hydroxyl groups excluding tert-OH is 1. The van der Waals surface area contributed by atoms with E-state index in [0.29, 0.717) is 0 Å². The van der Waals surface area contributed by atoms with E-state index in [0.717, 1.165) is 26.1 Å². The number of unbranched alkanes of at least 4 members (excludes halogenated alkanes) is 18. The number of hydrogen-bond donors (Lipinski definition) is 1. The molecule has 0 fully saturated rings. The molecular weight excluding hydrogens is 420 g/mol. The van der Waals surface area contributed by atoms with Gasteiger partial charge in [0.1, 0.15) is 0 Å². The van der Waals surface area contributed by atoms with Crippen molar-refractivity contribution in [3.63, 3.8) is 0 Å². The Kier molecular flexibility index (Phi) is 30.3. The van der Waals surface area contributed by atoms with Crippen LogP contribution in [0.3, 0.4) is 0 Å². The topological polar surface area (TPSA) is 38.7 Å². The molecule has 3 heteroatoms. The molecule has 34 heavy (non-hydrogen) atoms. The summed E-state index contributed by atoms with van der Waals surface area (Å²) in [5.41, 5.74) is 0. The molecule has 3 nitrogen and oxygen atoms in total. The minimum atomic E-state index is 0.0187. The lowest BCUT2D eigenvalue weighted by atomic mass is 10.1. The Morgan fingerprint density at radius 2 is 0.912 bits per heavy atom. The highest BCUT2D eigenvalue weighted by atomic mass is 16.7. The Hall–Kier alpha value is -0.380. The average molecular weight is 483 g/mol. The van der Waals surface area contributed by atoms with Crippen LogP contribution in [0.5, 0.6) is 0 Å². The van der Waals surface area contributed by atoms with Crippen molar-refractivity contribution in [2.75, 3.05) is 19.8 Å². The first-order valence-electron chi connectivity index (χ1n) is 15.3. The van der Waals surface area contributed by atoms with Gasteiger partial charge in [0.25, 0.3) is 0 Å². The monoisotopic (exact) mass is 482 g/mol. The zero-order valence-electron chi connectivity index (χ0n) is 23.4. The molecule has 0 bridgehead atoms. The fraction of sp³-hybridized carbons (Fsp3) is 0.935. The predicted octanol–water partition coefficient (Wildman–Crippen LogP) is 9.91. The van der Waals surface area contributed by atoms with Crippen LogP contribution in [0.2, 0.25) is 0 Å². The SMILES string of the molecule is CCCCCCCCOC(CCCCCCCCCC/C=C/CCO)OCCCCCCCC. The van der Waals surface area contributed by atoms with Crippen molar-refractivity contribution in [1.29, 1.82) is 0 Å². The molecule has 0 unspecified atom stereocenters. The molecule has 0 aliphatic rings. The van der Waals surface area contributed by atoms with Gasteiger partial charge in [-0.25, -0.2) is 0 Å². The van der Waals surface area contributed by atoms with E-state index in [9.17, 15) is 0 Å². The summed E-state index contributed by atoms with van der Waals surface area (Å²) in [6, 6.07) is 0. The van der Waals surface area contributed by atoms with Crippen molar-refractivity contribution in [2.45, 2.75) is 168 Å². The molecule has 204 valence electrons. The predicted molar refractivity (Wildman–Crippen MR) is 149 cm³/mol. The summed E-state index contributed by atoms with van der Waals surface area (Å²) in [5.74, 6) is 0. The summed E-state index contributed by atoms with van der Waals surface area (Å²) in [5, 5.41) is 8.76. The van der Waals surface area contributed by atoms with E-state index in [-0.39, 0.29) is 12.9 Å². The summed E-state index contributed by atoms with van der Waals surface area (Å²) in [6.07, 6.45) is 33.7. The van der Waals surface area contributed by atoms with E-state index in [1.165, 1.54) is 135 Å². The standard InChI is InChI=1S/C31H62O3/c1-3-5-7-9-21-25-29-33-31(34-30-26-22-10-8-6-4-2)27-23-19-17-15-13-11-12-14-16-18-20-24-28-32/h18,20,31-32H,3-17,19,21-30H2,1-2H3/b20-18+. The fourth-order valence-electron chi connectivity index (χ4n) is 4.35. The fourth-order valence-corrected chi connectivity index (χ4v) is 4.35. The van der Waals surface area contributed by atoms with Crippen LogP contribution in [0.25, 0.3) is 0 Å². The molecule has 0 aromatic rings. The molecule has 0 saturated heterocycles. The van der Waals surface area contributed by atoms with Crippen molar-refractivity contribution in [1.82, 2.24) is 0 Å². The highest BCUT2D eigenvalue weighted by Gasteiger charge is 2.09. The van der Waals surface area contributed by atoms with Gasteiger partial charge in [-0.05, 0) is 44.9 Å². The van der Waals surface area contributed by atoms with Crippen LogP contribution >= 0.6 is 0 Å². The quantitative estimate of drug-likeness (QED) is 0.0654. The smallest absolute Gasteiger partial charge is 0.157 e. The van der Waals surface area contributed by atoms with Gasteiger partial charge in [-0.3, -0.25) is 0 Å². The number of ether oxygens (including phenoxy) is 2. The Balaban J connectivity index is 3.78. The zero-order valence-corrected chi connectivity index (χ0v) is 23.4. The highest BCUT2D eigenvalue weighted by Crippen LogP contribution is 2.15. The maximum atomic E-state index is 8.76. The summed E-state index contributed by atoms with van der Waals surface area (Å²) >= 11 is 0. The van der Waals surface area contributed by atoms with Gasteiger partial charge in [-0.2, -0.15) is 0 Å². The lowest BCUT2D eigenvalue weighted by Gasteiger charge is -2.19. The molecule has 0 aromatic heterocycles. The minimum absolute atomic E-state index is 0.0187. The summed E-state index contributed by atoms with van der Waals surface area (Å²) in [4.78, 5) is 0. The molecule has 0 radical (unpaired) electrons. The van der Waals surface area contributed by atoms with Gasteiger partial charge in [-0.1, -0.05) is 129 Å². The van der Waals surface area contributed by atoms with E-state index >= 15 is 0 Å². The maximum Gasteiger partial charge on any atom is 0.157 e. The van der Waals surface area contributed by atoms with Crippen LogP contribution in [0.1, 0.15) is 162 Å². The first-order chi connectivity index (χ1) is 16.8. The number of hydrogen-bond acceptors (Lipinski definition) is 3. The molecule has 0 amide bonds. The Bertz CT molecular complexity index is 365. The third-order valence-corrected chi connectivity index (χ3v) is 6.63. The lowest BCUT2D eigenvalue weighted by molar-refractivity contribution is -0.148. The third kappa shape index (κ3) is 27.9. The Labute approximate surface area is 214 Å². The minimum Gasteiger partial charge on any atom is -0.396 e. The van der Waals surface area contributed by atoms with Crippen LogP contribution in [-0.4, -0.2) is 31.2 Å². The van der Waals surface area contributed by atoms with Crippen molar-refractivity contribution < 1.29 is 14.6 Å². The average Bonchev–Trinajstić information content (AvgIpc) is 2.85. The van der Waals surface area contributed by atoms with E-state index < -0.39 is 0 Å². The van der Waals surface area contributed by atoms with Gasteiger partial charge >= 0.3 is 0 Å². The van der Waals surface area contributed by atoms with Crippen LogP contribution in [0, 0.1) is 0 Å². The van der Waals surface area contributed by atoms with Crippen molar-refractivity contribution in [3.8, 4) is 0 Å². The second-order valence-electron chi connectivity index (χ2n) is 10.1. The molecule has 0 spiro atoms. The van der Waals surface area contributed by atoms with Crippen molar-refractivity contribution in [2.24, 2.45) is 0 Å². The molecule has 1 N–H and O–H groups in total. The van der Waals surface area contributed by atoms with Gasteiger partial charge in [0.15, 0.2) is 6.29 Å². The number of aliphatic hydroxyl groups is 1. The molecule has 0 rings (SSSR count). The molecule has 0 aliphatic carbocycles. The molecule has 0 saturated carbocycles. The number of rotatable bonds is 29. The third-order valence-electron chi connectivity index (χ3n) is 6.63. The lowest BCUT2D eigenvalue weighted by Crippen LogP contribution is -2.19. The van der Waals surface area contributed by atoms with Crippen molar-refractivity contribution >= 4 is 0 Å². The normalized spacial score (nSPS) is 11.9. The molecule has 0 aromatic carbocycles. The zero-order chi connectivity index (χ0) is 24.8. The van der Waals surface area contributed by atoms with Gasteiger partial charge in [0, 0.05) is 19.8 Å². The number of allylic oxidation sites excluding steroid dienone is 1. The highest BCUT2D eigenvalue weighted by molar-refractivity contribution is 4.80. The summed E-state index contributed by atoms with van der Waals surface area (Å²) in [7, 11) is 0. The summed E-state index contributed by atoms with van der Waals surface area (Å²) < 4.78 is 12.3. The molecule has 0 heterocycles. The largest absolute Gasteiger partial charge is 0.396 e. The van der Waals surface area contributed by atoms with Gasteiger partial charge in [0.05, 0.1) is 0 Å². The van der Waals surface area contributed by atoms with Crippen LogP contribution in [0.4, 0.5) is 0 Å². The first-order valence-corrected chi connectivity index (χ1v) is 15.3. The Morgan fingerprint density at radius 3 is 1.41 bits per heavy atom. The van der Waals surface area contributed by atoms with Crippen molar-refractivity contribution in [3.05, 3.63) is 12.2 Å². The van der Waals surface area contributed by atoms with E-state index in [1.807, 2.05) is 0 Å². The second-order valence-corrected chi connectivity index (χ2v) is 10.1. The molecule has 0 aliphatic heterocycles. The van der Waals surface area contributed by atoms with E-state index in [1.54, 1.807) is 0 Å². The van der Waals surface area contributed by atoms with E-state index in [4.69, 9.17) is 14.6 Å². The van der Waals surface area contributed by atoms with Crippen LogP contribution in [-0.2, 0) is 9.47 Å². The summed E-state index contributed by atoms with van der Waals surface area (Å²) in [6.45, 7) is 6.55. The molecular formula is C31H62O3. The van der Waals surface area contributed by atoms with Gasteiger partial charge in [0.2, 0.25) is 0 Å². The van der Waals surface area contributed by atoms with Crippen LogP contribution < -0.4 is 0 Å². The van der Waals surface area contributed by atoms with E-state index in [2.05, 4.69) is 26.0 Å². The van der Waals surface area contributed by atoms with Gasteiger partial charge in [-0.15, -0.1) is 0 Å². The molecule has 0 atom stereocenters. The Morgan fingerprint density at radius 1 is 0.500 bits per heavy atom.